The standard InChI is InChI=1S/2C28H30N2O3.Mo.4H2O/c2*1-6-29-23-15-25-21(13-17(23)4)27(19-11-9-10-12-20(19)28(31)32-8-3)22-14-18(5)24(30-7-2)16-26(22)33-25;;;;;/h2*9-16,29H,6-8H2,1-5H3;;4*1H2/p+2. The van der Waals surface area contributed by atoms with Crippen molar-refractivity contribution >= 4 is 45.3 Å². The molecular weight excluding hydrogens is 985 g/mol. The number of nitrogens with one attached hydrogen (secondary N) is 4. The number of carbonyl (C=O) groups excluding carboxylic acids is 2. The summed E-state index contributed by atoms with van der Waals surface area (Å²) in [7, 11) is 0. The molecule has 15 heteroatoms. The number of esters is 2. The van der Waals surface area contributed by atoms with Gasteiger partial charge in [-0.2, -0.15) is 0 Å². The van der Waals surface area contributed by atoms with E-state index in [9.17, 15) is 9.59 Å². The van der Waals surface area contributed by atoms with Gasteiger partial charge in [-0.05, 0) is 128 Å². The van der Waals surface area contributed by atoms with Gasteiger partial charge in [-0.1, -0.05) is 36.4 Å². The summed E-state index contributed by atoms with van der Waals surface area (Å²) in [4.78, 5) is 32.5. The second kappa shape index (κ2) is 27.1. The number of rotatable bonds is 12. The number of hydrogen-bond acceptors (Lipinski definition) is 8. The van der Waals surface area contributed by atoms with Crippen molar-refractivity contribution in [2.24, 2.45) is 0 Å². The second-order valence-electron chi connectivity index (χ2n) is 16.3. The first-order chi connectivity index (χ1) is 32.0. The third-order valence-corrected chi connectivity index (χ3v) is 11.7. The van der Waals surface area contributed by atoms with Gasteiger partial charge in [0, 0.05) is 102 Å². The molecule has 0 radical (unpaired) electrons. The Morgan fingerprint density at radius 3 is 1.20 bits per heavy atom. The van der Waals surface area contributed by atoms with Crippen LogP contribution in [-0.4, -0.2) is 73.2 Å². The van der Waals surface area contributed by atoms with Crippen LogP contribution in [0.4, 0.5) is 11.4 Å². The van der Waals surface area contributed by atoms with Crippen LogP contribution in [0.25, 0.3) is 66.8 Å². The van der Waals surface area contributed by atoms with Gasteiger partial charge in [0.15, 0.2) is 0 Å². The molecular formula is C56H70MoN4O10+2. The molecule has 14 nitrogen and oxygen atoms in total. The largest absolute Gasteiger partial charge is 0.462 e. The van der Waals surface area contributed by atoms with E-state index >= 15 is 0 Å². The zero-order chi connectivity index (χ0) is 47.1. The summed E-state index contributed by atoms with van der Waals surface area (Å²) in [6.45, 7) is 24.2. The summed E-state index contributed by atoms with van der Waals surface area (Å²) < 4.78 is 23.7. The zero-order valence-corrected chi connectivity index (χ0v) is 44.3. The minimum atomic E-state index is -0.322. The molecule has 4 aromatic rings. The maximum atomic E-state index is 12.9. The van der Waals surface area contributed by atoms with Crippen molar-refractivity contribution in [2.45, 2.75) is 69.2 Å². The zero-order valence-electron chi connectivity index (χ0n) is 42.3. The molecule has 0 bridgehead atoms. The van der Waals surface area contributed by atoms with Gasteiger partial charge in [0.1, 0.15) is 35.8 Å². The molecule has 0 saturated heterocycles. The Kier molecular flexibility index (Phi) is 23.0. The molecule has 2 aliphatic carbocycles. The summed E-state index contributed by atoms with van der Waals surface area (Å²) in [5.41, 5.74) is 14.8. The van der Waals surface area contributed by atoms with E-state index in [4.69, 9.17) is 18.3 Å². The first-order valence-corrected chi connectivity index (χ1v) is 23.1. The number of ether oxygens (including phenoxy) is 2. The second-order valence-corrected chi connectivity index (χ2v) is 16.3. The maximum absolute atomic E-state index is 12.9. The molecule has 0 atom stereocenters. The first-order valence-electron chi connectivity index (χ1n) is 23.1. The fourth-order valence-corrected chi connectivity index (χ4v) is 8.68. The first kappa shape index (κ1) is 60.4. The summed E-state index contributed by atoms with van der Waals surface area (Å²) in [6, 6.07) is 32.1. The molecule has 71 heavy (non-hydrogen) atoms. The van der Waals surface area contributed by atoms with Crippen LogP contribution in [0.3, 0.4) is 0 Å². The van der Waals surface area contributed by atoms with Gasteiger partial charge in [0.25, 0.3) is 0 Å². The van der Waals surface area contributed by atoms with E-state index in [1.807, 2.05) is 62.4 Å². The van der Waals surface area contributed by atoms with Crippen molar-refractivity contribution in [3.05, 3.63) is 141 Å². The Hall–Kier alpha value is -6.67. The minimum Gasteiger partial charge on any atom is -0.462 e. The minimum absolute atomic E-state index is 0. The van der Waals surface area contributed by atoms with Crippen LogP contribution in [0.2, 0.25) is 0 Å². The summed E-state index contributed by atoms with van der Waals surface area (Å²) in [5.74, 6) is 0.891. The van der Waals surface area contributed by atoms with Crippen molar-refractivity contribution in [2.75, 3.05) is 50.0 Å². The molecule has 0 amide bonds. The van der Waals surface area contributed by atoms with Crippen LogP contribution in [0.1, 0.15) is 84.5 Å². The van der Waals surface area contributed by atoms with E-state index in [1.54, 1.807) is 0 Å². The Morgan fingerprint density at radius 2 is 0.859 bits per heavy atom. The molecule has 4 aliphatic rings. The molecule has 0 saturated carbocycles. The van der Waals surface area contributed by atoms with Crippen molar-refractivity contribution in [3.63, 3.8) is 0 Å². The number of benzene rings is 6. The third-order valence-electron chi connectivity index (χ3n) is 11.7. The fourth-order valence-electron chi connectivity index (χ4n) is 8.68. The SMILES string of the molecule is CCNc1cc2oc3cc(=[NH+]CC)c(C)cc-3c(-c3ccccc3C(=O)OCC)c2cc1C.CCNc1cc2oc3cc(=[NH+]CC)c(C)cc-3c(-c3ccccc3C(=O)OCC)c2cc1C.O.O.O.O.[Mo]. The number of fused-ring (bicyclic) bond motifs is 4. The smallest absolute Gasteiger partial charge is 0.338 e. The van der Waals surface area contributed by atoms with Crippen molar-refractivity contribution in [1.82, 2.24) is 0 Å². The Labute approximate surface area is 429 Å². The van der Waals surface area contributed by atoms with Crippen molar-refractivity contribution in [3.8, 4) is 44.9 Å². The van der Waals surface area contributed by atoms with E-state index in [2.05, 4.69) is 125 Å². The van der Waals surface area contributed by atoms with Crippen LogP contribution in [0, 0.1) is 27.7 Å². The fraction of sp³-hybridized carbons (Fsp3) is 0.286. The molecule has 0 unspecified atom stereocenters. The molecule has 0 spiro atoms. The maximum Gasteiger partial charge on any atom is 0.338 e. The molecule has 2 aliphatic heterocycles. The van der Waals surface area contributed by atoms with Crippen molar-refractivity contribution < 1.29 is 80.9 Å². The Balaban J connectivity index is 0.000000455. The van der Waals surface area contributed by atoms with E-state index < -0.39 is 0 Å². The summed E-state index contributed by atoms with van der Waals surface area (Å²) >= 11 is 0. The molecule has 0 aromatic heterocycles. The summed E-state index contributed by atoms with van der Waals surface area (Å²) in [6.07, 6.45) is 0. The van der Waals surface area contributed by atoms with Gasteiger partial charge in [0.05, 0.1) is 36.5 Å². The van der Waals surface area contributed by atoms with Gasteiger partial charge < -0.3 is 50.8 Å². The number of anilines is 2. The van der Waals surface area contributed by atoms with Gasteiger partial charge in [-0.3, -0.25) is 0 Å². The van der Waals surface area contributed by atoms with Crippen molar-refractivity contribution in [1.29, 1.82) is 0 Å². The Bertz CT molecular complexity index is 2970. The van der Waals surface area contributed by atoms with Crippen LogP contribution in [0.5, 0.6) is 0 Å². The normalized spacial score (nSPS) is 11.0. The van der Waals surface area contributed by atoms with Gasteiger partial charge >= 0.3 is 11.9 Å². The van der Waals surface area contributed by atoms with E-state index in [0.29, 0.717) is 24.3 Å². The van der Waals surface area contributed by atoms with Gasteiger partial charge in [-0.25, -0.2) is 19.6 Å². The number of carbonyl (C=O) groups is 2. The monoisotopic (exact) mass is 1060 g/mol. The Morgan fingerprint density at radius 1 is 0.493 bits per heavy atom. The van der Waals surface area contributed by atoms with Gasteiger partial charge in [-0.15, -0.1) is 0 Å². The number of hydrogen-bond donors (Lipinski definition) is 4. The molecule has 12 N–H and O–H groups in total. The van der Waals surface area contributed by atoms with E-state index in [0.717, 1.165) is 137 Å². The average molecular weight is 1060 g/mol. The van der Waals surface area contributed by atoms with Crippen LogP contribution >= 0.6 is 0 Å². The van der Waals surface area contributed by atoms with Crippen LogP contribution in [-0.2, 0) is 30.5 Å². The molecule has 378 valence electrons. The molecule has 8 rings (SSSR count). The van der Waals surface area contributed by atoms with Gasteiger partial charge in [0.2, 0.25) is 10.7 Å². The predicted octanol–water partition coefficient (Wildman–Crippen LogP) is 5.56. The predicted molar refractivity (Wildman–Crippen MR) is 279 cm³/mol. The summed E-state index contributed by atoms with van der Waals surface area (Å²) in [5, 5.41) is 10.8. The molecule has 4 aromatic carbocycles. The molecule has 2 heterocycles. The van der Waals surface area contributed by atoms with Crippen LogP contribution < -0.4 is 31.3 Å². The topological polar surface area (TPSA) is 257 Å². The van der Waals surface area contributed by atoms with Crippen LogP contribution in [0.15, 0.2) is 106 Å². The number of aryl methyl sites for hydroxylation is 4. The average Bonchev–Trinajstić information content (AvgIpc) is 3.30. The van der Waals surface area contributed by atoms with E-state index in [1.165, 1.54) is 0 Å². The third kappa shape index (κ3) is 12.6. The van der Waals surface area contributed by atoms with E-state index in [-0.39, 0.29) is 54.9 Å². The molecule has 0 fully saturated rings. The quantitative estimate of drug-likeness (QED) is 0.0683.